The van der Waals surface area contributed by atoms with Crippen LogP contribution in [0.2, 0.25) is 5.02 Å². The Labute approximate surface area is 128 Å². The van der Waals surface area contributed by atoms with Crippen molar-refractivity contribution in [3.8, 4) is 5.75 Å². The number of ether oxygens (including phenoxy) is 1. The van der Waals surface area contributed by atoms with Crippen LogP contribution in [0.25, 0.3) is 0 Å². The Bertz CT molecular complexity index is 683. The van der Waals surface area contributed by atoms with Gasteiger partial charge in [0.1, 0.15) is 12.4 Å². The molecule has 2 N–H and O–H groups in total. The van der Waals surface area contributed by atoms with Crippen LogP contribution in [0.1, 0.15) is 18.1 Å². The molecule has 0 aliphatic heterocycles. The van der Waals surface area contributed by atoms with Crippen molar-refractivity contribution in [1.29, 1.82) is 0 Å². The highest BCUT2D eigenvalue weighted by atomic mass is 35.5. The van der Waals surface area contributed by atoms with Crippen molar-refractivity contribution >= 4 is 11.6 Å². The predicted molar refractivity (Wildman–Crippen MR) is 82.9 cm³/mol. The Kier molecular flexibility index (Phi) is 4.98. The molecule has 0 saturated carbocycles. The number of aryl methyl sites for hydroxylation is 1. The Balaban J connectivity index is 2.16. The van der Waals surface area contributed by atoms with Gasteiger partial charge in [-0.3, -0.25) is 4.79 Å². The van der Waals surface area contributed by atoms with E-state index in [1.807, 2.05) is 32.0 Å². The van der Waals surface area contributed by atoms with Crippen LogP contribution >= 0.6 is 11.6 Å². The van der Waals surface area contributed by atoms with Crippen LogP contribution in [-0.4, -0.2) is 22.4 Å². The van der Waals surface area contributed by atoms with E-state index in [0.29, 0.717) is 23.9 Å². The lowest BCUT2D eigenvalue weighted by Crippen LogP contribution is -2.26. The fourth-order valence-corrected chi connectivity index (χ4v) is 2.08. The normalized spacial score (nSPS) is 12.2. The lowest BCUT2D eigenvalue weighted by atomic mass is 10.1. The zero-order valence-corrected chi connectivity index (χ0v) is 12.8. The zero-order chi connectivity index (χ0) is 15.4. The summed E-state index contributed by atoms with van der Waals surface area (Å²) in [5.74, 6) is 0.420. The van der Waals surface area contributed by atoms with Crippen molar-refractivity contribution in [1.82, 2.24) is 9.78 Å². The smallest absolute Gasteiger partial charge is 0.270 e. The van der Waals surface area contributed by atoms with E-state index >= 15 is 0 Å². The average molecular weight is 308 g/mol. The minimum Gasteiger partial charge on any atom is -0.490 e. The number of hydrogen-bond acceptors (Lipinski definition) is 4. The second kappa shape index (κ2) is 6.74. The molecular weight excluding hydrogens is 290 g/mol. The third kappa shape index (κ3) is 4.31. The predicted octanol–water partition coefficient (Wildman–Crippen LogP) is 1.98. The molecule has 0 amide bonds. The first-order valence-electron chi connectivity index (χ1n) is 6.66. The Morgan fingerprint density at radius 1 is 1.43 bits per heavy atom. The highest BCUT2D eigenvalue weighted by Gasteiger charge is 2.06. The fraction of sp³-hybridized carbons (Fsp3) is 0.333. The summed E-state index contributed by atoms with van der Waals surface area (Å²) >= 11 is 6.17. The molecule has 6 heteroatoms. The first-order valence-corrected chi connectivity index (χ1v) is 7.04. The van der Waals surface area contributed by atoms with Gasteiger partial charge in [-0.25, -0.2) is 4.68 Å². The highest BCUT2D eigenvalue weighted by molar-refractivity contribution is 6.31. The molecule has 0 bridgehead atoms. The van der Waals surface area contributed by atoms with Gasteiger partial charge in [0.05, 0.1) is 12.7 Å². The van der Waals surface area contributed by atoms with Crippen LogP contribution in [0.15, 0.2) is 35.3 Å². The van der Waals surface area contributed by atoms with Crippen LogP contribution < -0.4 is 16.0 Å². The molecule has 1 aromatic heterocycles. The fourth-order valence-electron chi connectivity index (χ4n) is 1.78. The molecule has 112 valence electrons. The Morgan fingerprint density at radius 3 is 2.81 bits per heavy atom. The molecule has 0 fully saturated rings. The summed E-state index contributed by atoms with van der Waals surface area (Å²) in [7, 11) is 0. The van der Waals surface area contributed by atoms with Crippen LogP contribution in [-0.2, 0) is 6.54 Å². The molecule has 2 rings (SSSR count). The summed E-state index contributed by atoms with van der Waals surface area (Å²) in [6.45, 7) is 4.46. The molecule has 2 aromatic rings. The summed E-state index contributed by atoms with van der Waals surface area (Å²) in [6, 6.07) is 7.01. The van der Waals surface area contributed by atoms with Gasteiger partial charge in [0, 0.05) is 17.1 Å². The van der Waals surface area contributed by atoms with Gasteiger partial charge < -0.3 is 10.5 Å². The number of hydrogen-bond donors (Lipinski definition) is 1. The van der Waals surface area contributed by atoms with E-state index in [9.17, 15) is 4.79 Å². The molecule has 0 spiro atoms. The molecule has 0 radical (unpaired) electrons. The van der Waals surface area contributed by atoms with Crippen molar-refractivity contribution in [2.45, 2.75) is 26.4 Å². The first kappa shape index (κ1) is 15.5. The summed E-state index contributed by atoms with van der Waals surface area (Å²) in [6.07, 6.45) is 1.51. The third-order valence-corrected chi connectivity index (χ3v) is 3.24. The topological polar surface area (TPSA) is 70.1 Å². The summed E-state index contributed by atoms with van der Waals surface area (Å²) in [5, 5.41) is 4.72. The molecule has 1 atom stereocenters. The number of nitrogens with two attached hydrogens (primary N) is 1. The maximum absolute atomic E-state index is 12.0. The van der Waals surface area contributed by atoms with Gasteiger partial charge in [-0.1, -0.05) is 23.7 Å². The van der Waals surface area contributed by atoms with Gasteiger partial charge in [-0.2, -0.15) is 5.10 Å². The Hall–Kier alpha value is -1.85. The van der Waals surface area contributed by atoms with Gasteiger partial charge in [-0.05, 0) is 31.0 Å². The minimum absolute atomic E-state index is 0.0983. The molecule has 0 aliphatic carbocycles. The van der Waals surface area contributed by atoms with Crippen molar-refractivity contribution in [3.05, 3.63) is 57.0 Å². The van der Waals surface area contributed by atoms with Crippen LogP contribution in [0.5, 0.6) is 5.75 Å². The van der Waals surface area contributed by atoms with Crippen molar-refractivity contribution in [3.63, 3.8) is 0 Å². The number of rotatable bonds is 5. The summed E-state index contributed by atoms with van der Waals surface area (Å²) in [5.41, 5.74) is 7.28. The maximum atomic E-state index is 12.0. The van der Waals surface area contributed by atoms with E-state index in [-0.39, 0.29) is 11.6 Å². The van der Waals surface area contributed by atoms with Gasteiger partial charge in [-0.15, -0.1) is 0 Å². The van der Waals surface area contributed by atoms with Crippen LogP contribution in [0, 0.1) is 6.92 Å². The number of benzene rings is 1. The standard InChI is InChI=1S/C15H18ClN3O2/c1-10-3-4-12(14(16)5-10)8-19-15(20)6-13(7-18-19)21-9-11(2)17/h3-7,11H,8-9,17H2,1-2H3. The van der Waals surface area contributed by atoms with Crippen molar-refractivity contribution in [2.75, 3.05) is 6.61 Å². The highest BCUT2D eigenvalue weighted by Crippen LogP contribution is 2.18. The SMILES string of the molecule is Cc1ccc(Cn2ncc(OCC(C)N)cc2=O)c(Cl)c1. The zero-order valence-electron chi connectivity index (χ0n) is 12.0. The molecular formula is C15H18ClN3O2. The average Bonchev–Trinajstić information content (AvgIpc) is 2.42. The minimum atomic E-state index is -0.242. The quantitative estimate of drug-likeness (QED) is 0.917. The van der Waals surface area contributed by atoms with E-state index in [1.54, 1.807) is 0 Å². The van der Waals surface area contributed by atoms with Crippen LogP contribution in [0.3, 0.4) is 0 Å². The second-order valence-electron chi connectivity index (χ2n) is 5.07. The van der Waals surface area contributed by atoms with Gasteiger partial charge >= 0.3 is 0 Å². The third-order valence-electron chi connectivity index (χ3n) is 2.89. The van der Waals surface area contributed by atoms with E-state index in [1.165, 1.54) is 16.9 Å². The number of aromatic nitrogens is 2. The molecule has 5 nitrogen and oxygen atoms in total. The lowest BCUT2D eigenvalue weighted by Gasteiger charge is -2.10. The monoisotopic (exact) mass is 307 g/mol. The molecule has 21 heavy (non-hydrogen) atoms. The molecule has 0 aliphatic rings. The summed E-state index contributed by atoms with van der Waals surface area (Å²) in [4.78, 5) is 12.0. The van der Waals surface area contributed by atoms with Gasteiger partial charge in [0.2, 0.25) is 0 Å². The van der Waals surface area contributed by atoms with Crippen LogP contribution in [0.4, 0.5) is 0 Å². The van der Waals surface area contributed by atoms with E-state index < -0.39 is 0 Å². The molecule has 1 unspecified atom stereocenters. The maximum Gasteiger partial charge on any atom is 0.270 e. The second-order valence-corrected chi connectivity index (χ2v) is 5.48. The largest absolute Gasteiger partial charge is 0.490 e. The lowest BCUT2D eigenvalue weighted by molar-refractivity contribution is 0.293. The van der Waals surface area contributed by atoms with Crippen molar-refractivity contribution < 1.29 is 4.74 Å². The van der Waals surface area contributed by atoms with Gasteiger partial charge in [0.25, 0.3) is 5.56 Å². The Morgan fingerprint density at radius 2 is 2.19 bits per heavy atom. The molecule has 1 heterocycles. The molecule has 1 aromatic carbocycles. The van der Waals surface area contributed by atoms with Gasteiger partial charge in [0.15, 0.2) is 0 Å². The number of nitrogens with zero attached hydrogens (tertiary/aromatic N) is 2. The van der Waals surface area contributed by atoms with E-state index in [2.05, 4.69) is 5.10 Å². The summed E-state index contributed by atoms with van der Waals surface area (Å²) < 4.78 is 6.71. The van der Waals surface area contributed by atoms with E-state index in [0.717, 1.165) is 11.1 Å². The molecule has 0 saturated heterocycles. The number of halogens is 1. The van der Waals surface area contributed by atoms with E-state index in [4.69, 9.17) is 22.1 Å². The first-order chi connectivity index (χ1) is 9.95. The van der Waals surface area contributed by atoms with Crippen molar-refractivity contribution in [2.24, 2.45) is 5.73 Å².